The number of halogens is 1. The van der Waals surface area contributed by atoms with Crippen molar-refractivity contribution >= 4 is 34.5 Å². The molecule has 2 rings (SSSR count). The third-order valence-electron chi connectivity index (χ3n) is 3.15. The second-order valence-electron chi connectivity index (χ2n) is 4.57. The Kier molecular flexibility index (Phi) is 3.08. The minimum Gasteiger partial charge on any atom is -0.389 e. The van der Waals surface area contributed by atoms with Crippen molar-refractivity contribution in [3.8, 4) is 0 Å². The molecule has 0 bridgehead atoms. The maximum absolute atomic E-state index is 6.11. The third-order valence-corrected chi connectivity index (χ3v) is 3.67. The van der Waals surface area contributed by atoms with E-state index in [0.717, 1.165) is 11.3 Å². The molecule has 0 spiro atoms. The molecule has 1 fully saturated rings. The number of benzene rings is 1. The highest BCUT2D eigenvalue weighted by molar-refractivity contribution is 7.80. The van der Waals surface area contributed by atoms with Crippen LogP contribution in [0.2, 0.25) is 5.02 Å². The van der Waals surface area contributed by atoms with Crippen molar-refractivity contribution < 1.29 is 0 Å². The summed E-state index contributed by atoms with van der Waals surface area (Å²) in [6, 6.07) is 5.70. The molecule has 0 saturated heterocycles. The second-order valence-corrected chi connectivity index (χ2v) is 5.41. The molecule has 1 saturated carbocycles. The first-order valence-corrected chi connectivity index (χ1v) is 6.17. The first-order chi connectivity index (χ1) is 7.52. The van der Waals surface area contributed by atoms with Crippen LogP contribution in [0, 0.1) is 0 Å². The van der Waals surface area contributed by atoms with Gasteiger partial charge in [0.05, 0.1) is 10.6 Å². The number of hydrogen-bond donors (Lipinski definition) is 2. The SMILES string of the molecule is CC1(Nc2cccc(Cl)c2C(N)=S)CCC1. The predicted molar refractivity (Wildman–Crippen MR) is 73.2 cm³/mol. The van der Waals surface area contributed by atoms with Crippen LogP contribution in [0.1, 0.15) is 31.7 Å². The maximum Gasteiger partial charge on any atom is 0.107 e. The molecule has 0 aromatic heterocycles. The Hall–Kier alpha value is -0.800. The van der Waals surface area contributed by atoms with E-state index in [1.807, 2.05) is 18.2 Å². The van der Waals surface area contributed by atoms with Crippen molar-refractivity contribution in [2.45, 2.75) is 31.7 Å². The van der Waals surface area contributed by atoms with E-state index in [1.54, 1.807) is 0 Å². The summed E-state index contributed by atoms with van der Waals surface area (Å²) in [5, 5.41) is 4.11. The minimum atomic E-state index is 0.171. The van der Waals surface area contributed by atoms with Crippen molar-refractivity contribution in [1.82, 2.24) is 0 Å². The molecule has 0 unspecified atom stereocenters. The van der Waals surface area contributed by atoms with Gasteiger partial charge < -0.3 is 11.1 Å². The fraction of sp³-hybridized carbons (Fsp3) is 0.417. The number of nitrogens with two attached hydrogens (primary N) is 1. The lowest BCUT2D eigenvalue weighted by Crippen LogP contribution is -2.42. The van der Waals surface area contributed by atoms with Crippen LogP contribution >= 0.6 is 23.8 Å². The molecular weight excluding hydrogens is 240 g/mol. The molecule has 4 heteroatoms. The van der Waals surface area contributed by atoms with E-state index in [2.05, 4.69) is 12.2 Å². The molecule has 0 radical (unpaired) electrons. The largest absolute Gasteiger partial charge is 0.389 e. The van der Waals surface area contributed by atoms with Crippen molar-refractivity contribution in [1.29, 1.82) is 0 Å². The van der Waals surface area contributed by atoms with Crippen LogP contribution in [0.3, 0.4) is 0 Å². The van der Waals surface area contributed by atoms with Crippen LogP contribution in [-0.2, 0) is 0 Å². The molecule has 1 aliphatic rings. The summed E-state index contributed by atoms with van der Waals surface area (Å²) in [6.07, 6.45) is 3.62. The summed E-state index contributed by atoms with van der Waals surface area (Å²) in [5.41, 5.74) is 7.57. The van der Waals surface area contributed by atoms with Crippen LogP contribution < -0.4 is 11.1 Å². The summed E-state index contributed by atoms with van der Waals surface area (Å²) < 4.78 is 0. The lowest BCUT2D eigenvalue weighted by Gasteiger charge is -2.40. The normalized spacial score (nSPS) is 17.6. The van der Waals surface area contributed by atoms with Crippen LogP contribution in [-0.4, -0.2) is 10.5 Å². The average molecular weight is 255 g/mol. The highest BCUT2D eigenvalue weighted by Gasteiger charge is 2.32. The zero-order chi connectivity index (χ0) is 11.8. The number of rotatable bonds is 3. The van der Waals surface area contributed by atoms with Gasteiger partial charge in [-0.15, -0.1) is 0 Å². The van der Waals surface area contributed by atoms with Crippen molar-refractivity contribution in [3.63, 3.8) is 0 Å². The maximum atomic E-state index is 6.11. The van der Waals surface area contributed by atoms with Crippen molar-refractivity contribution in [2.24, 2.45) is 5.73 Å². The zero-order valence-corrected chi connectivity index (χ0v) is 10.8. The quantitative estimate of drug-likeness (QED) is 0.813. The molecule has 1 aliphatic carbocycles. The molecule has 1 aromatic carbocycles. The lowest BCUT2D eigenvalue weighted by molar-refractivity contribution is 0.306. The zero-order valence-electron chi connectivity index (χ0n) is 9.22. The van der Waals surface area contributed by atoms with Gasteiger partial charge in [-0.25, -0.2) is 0 Å². The number of thiocarbonyl (C=S) groups is 1. The average Bonchev–Trinajstić information content (AvgIpc) is 2.14. The molecule has 0 atom stereocenters. The van der Waals surface area contributed by atoms with E-state index < -0.39 is 0 Å². The second kappa shape index (κ2) is 4.22. The summed E-state index contributed by atoms with van der Waals surface area (Å²) in [5.74, 6) is 0. The molecule has 0 aliphatic heterocycles. The first-order valence-electron chi connectivity index (χ1n) is 5.38. The van der Waals surface area contributed by atoms with Gasteiger partial charge in [0.25, 0.3) is 0 Å². The van der Waals surface area contributed by atoms with Gasteiger partial charge >= 0.3 is 0 Å². The standard InChI is InChI=1S/C12H15ClN2S/c1-12(6-3-7-12)15-9-5-2-4-8(13)10(9)11(14)16/h2,4-5,15H,3,6-7H2,1H3,(H2,14,16). The van der Waals surface area contributed by atoms with E-state index >= 15 is 0 Å². The van der Waals surface area contributed by atoms with E-state index in [0.29, 0.717) is 10.0 Å². The Morgan fingerprint density at radius 3 is 2.69 bits per heavy atom. The smallest absolute Gasteiger partial charge is 0.107 e. The monoisotopic (exact) mass is 254 g/mol. The van der Waals surface area contributed by atoms with Gasteiger partial charge in [-0.1, -0.05) is 29.9 Å². The van der Waals surface area contributed by atoms with E-state index in [1.165, 1.54) is 19.3 Å². The van der Waals surface area contributed by atoms with E-state index in [4.69, 9.17) is 29.6 Å². The number of nitrogens with one attached hydrogen (secondary N) is 1. The first kappa shape index (κ1) is 11.7. The van der Waals surface area contributed by atoms with Gasteiger partial charge in [0, 0.05) is 11.2 Å². The third kappa shape index (κ3) is 2.15. The lowest BCUT2D eigenvalue weighted by atomic mass is 9.78. The van der Waals surface area contributed by atoms with Crippen LogP contribution in [0.4, 0.5) is 5.69 Å². The van der Waals surface area contributed by atoms with Crippen LogP contribution in [0.25, 0.3) is 0 Å². The molecule has 86 valence electrons. The fourth-order valence-corrected chi connectivity index (χ4v) is 2.59. The molecule has 16 heavy (non-hydrogen) atoms. The molecule has 0 heterocycles. The van der Waals surface area contributed by atoms with E-state index in [-0.39, 0.29) is 5.54 Å². The van der Waals surface area contributed by atoms with Crippen LogP contribution in [0.15, 0.2) is 18.2 Å². The van der Waals surface area contributed by atoms with Crippen molar-refractivity contribution in [3.05, 3.63) is 28.8 Å². The van der Waals surface area contributed by atoms with Gasteiger partial charge in [-0.2, -0.15) is 0 Å². The van der Waals surface area contributed by atoms with E-state index in [9.17, 15) is 0 Å². The topological polar surface area (TPSA) is 38.0 Å². The minimum absolute atomic E-state index is 0.171. The van der Waals surface area contributed by atoms with Gasteiger partial charge in [0.1, 0.15) is 4.99 Å². The Morgan fingerprint density at radius 1 is 1.50 bits per heavy atom. The molecule has 0 amide bonds. The highest BCUT2D eigenvalue weighted by atomic mass is 35.5. The molecular formula is C12H15ClN2S. The van der Waals surface area contributed by atoms with Crippen LogP contribution in [0.5, 0.6) is 0 Å². The highest BCUT2D eigenvalue weighted by Crippen LogP contribution is 2.36. The number of anilines is 1. The molecule has 1 aromatic rings. The van der Waals surface area contributed by atoms with Gasteiger partial charge in [0.15, 0.2) is 0 Å². The van der Waals surface area contributed by atoms with Gasteiger partial charge in [-0.05, 0) is 38.3 Å². The summed E-state index contributed by atoms with van der Waals surface area (Å²) in [4.78, 5) is 0.344. The molecule has 3 N–H and O–H groups in total. The van der Waals surface area contributed by atoms with Gasteiger partial charge in [-0.3, -0.25) is 0 Å². The number of hydrogen-bond acceptors (Lipinski definition) is 2. The van der Waals surface area contributed by atoms with Crippen molar-refractivity contribution in [2.75, 3.05) is 5.32 Å². The Labute approximate surface area is 106 Å². The Bertz CT molecular complexity index is 427. The Morgan fingerprint density at radius 2 is 2.19 bits per heavy atom. The summed E-state index contributed by atoms with van der Waals surface area (Å²) in [7, 11) is 0. The van der Waals surface area contributed by atoms with Gasteiger partial charge in [0.2, 0.25) is 0 Å². The Balaban J connectivity index is 2.32. The summed E-state index contributed by atoms with van der Waals surface area (Å²) >= 11 is 11.1. The summed E-state index contributed by atoms with van der Waals surface area (Å²) in [6.45, 7) is 2.21. The fourth-order valence-electron chi connectivity index (χ4n) is 2.04. The molecule has 2 nitrogen and oxygen atoms in total. The predicted octanol–water partition coefficient (Wildman–Crippen LogP) is 3.33.